The number of anilines is 2. The summed E-state index contributed by atoms with van der Waals surface area (Å²) in [6.07, 6.45) is 5.49. The molecule has 0 unspecified atom stereocenters. The van der Waals surface area contributed by atoms with E-state index in [1.54, 1.807) is 25.4 Å². The molecule has 168 valence electrons. The summed E-state index contributed by atoms with van der Waals surface area (Å²) in [6, 6.07) is 14.1. The Balaban J connectivity index is 1.42. The Morgan fingerprint density at radius 1 is 1.00 bits per heavy atom. The summed E-state index contributed by atoms with van der Waals surface area (Å²) < 4.78 is 12.4. The number of aromatic nitrogens is 5. The number of benzene rings is 1. The Morgan fingerprint density at radius 2 is 1.79 bits per heavy atom. The second-order valence-electron chi connectivity index (χ2n) is 7.58. The molecule has 1 saturated heterocycles. The molecule has 1 aromatic carbocycles. The summed E-state index contributed by atoms with van der Waals surface area (Å²) in [5.74, 6) is 0.943. The highest BCUT2D eigenvalue weighted by molar-refractivity contribution is 8.02. The number of hydrogen-bond donors (Lipinski definition) is 0. The highest BCUT2D eigenvalue weighted by Crippen LogP contribution is 2.37. The maximum Gasteiger partial charge on any atom is 0.353 e. The van der Waals surface area contributed by atoms with E-state index in [1.165, 1.54) is 16.4 Å². The molecule has 0 saturated carbocycles. The van der Waals surface area contributed by atoms with Crippen molar-refractivity contribution in [2.45, 2.75) is 6.92 Å². The van der Waals surface area contributed by atoms with Gasteiger partial charge in [0.1, 0.15) is 5.82 Å². The number of methoxy groups -OCH3 is 1. The van der Waals surface area contributed by atoms with Crippen LogP contribution >= 0.6 is 12.1 Å². The number of nitrogens with zero attached hydrogens (tertiary/aromatic N) is 7. The normalized spacial score (nSPS) is 13.5. The zero-order valence-electron chi connectivity index (χ0n) is 18.5. The van der Waals surface area contributed by atoms with Crippen LogP contribution in [0.2, 0.25) is 0 Å². The predicted octanol–water partition coefficient (Wildman–Crippen LogP) is 3.23. The minimum atomic E-state index is -0.258. The Hall–Kier alpha value is -3.79. The Bertz CT molecular complexity index is 1340. The highest BCUT2D eigenvalue weighted by Gasteiger charge is 2.25. The molecule has 1 aliphatic rings. The molecule has 10 heteroatoms. The van der Waals surface area contributed by atoms with Crippen LogP contribution in [0.25, 0.3) is 16.8 Å². The van der Waals surface area contributed by atoms with E-state index in [1.807, 2.05) is 48.8 Å². The largest absolute Gasteiger partial charge is 0.467 e. The minimum Gasteiger partial charge on any atom is -0.467 e. The molecule has 4 aromatic rings. The minimum absolute atomic E-state index is 0.252. The summed E-state index contributed by atoms with van der Waals surface area (Å²) in [5.41, 5.74) is 4.76. The first kappa shape index (κ1) is 21.1. The van der Waals surface area contributed by atoms with E-state index < -0.39 is 0 Å². The molecule has 33 heavy (non-hydrogen) atoms. The van der Waals surface area contributed by atoms with Crippen molar-refractivity contribution in [2.24, 2.45) is 7.05 Å². The third kappa shape index (κ3) is 3.82. The van der Waals surface area contributed by atoms with Gasteiger partial charge in [0.25, 0.3) is 0 Å². The van der Waals surface area contributed by atoms with E-state index in [0.29, 0.717) is 5.69 Å². The second-order valence-corrected chi connectivity index (χ2v) is 8.62. The predicted molar refractivity (Wildman–Crippen MR) is 130 cm³/mol. The van der Waals surface area contributed by atoms with Crippen molar-refractivity contribution in [1.82, 2.24) is 24.3 Å². The average Bonchev–Trinajstić information content (AvgIpc) is 3.45. The first-order valence-electron chi connectivity index (χ1n) is 10.5. The van der Waals surface area contributed by atoms with Gasteiger partial charge in [0, 0.05) is 31.5 Å². The third-order valence-electron chi connectivity index (χ3n) is 5.56. The van der Waals surface area contributed by atoms with Crippen LogP contribution in [0.4, 0.5) is 11.5 Å². The SMILES string of the molecule is COc1nn(C)c(=O)n1-c1ccc(-c2ccnc(N3CCN(c4cccnc4)S3)c2C)cc1. The van der Waals surface area contributed by atoms with Gasteiger partial charge in [0.2, 0.25) is 0 Å². The van der Waals surface area contributed by atoms with Gasteiger partial charge in [-0.1, -0.05) is 12.1 Å². The molecule has 0 N–H and O–H groups in total. The number of hydrogen-bond acceptors (Lipinski definition) is 8. The van der Waals surface area contributed by atoms with Gasteiger partial charge in [-0.05, 0) is 48.4 Å². The van der Waals surface area contributed by atoms with E-state index in [4.69, 9.17) is 4.74 Å². The number of pyridine rings is 2. The number of aryl methyl sites for hydroxylation is 1. The lowest BCUT2D eigenvalue weighted by Gasteiger charge is -2.20. The van der Waals surface area contributed by atoms with Gasteiger partial charge in [-0.3, -0.25) is 13.6 Å². The fourth-order valence-electron chi connectivity index (χ4n) is 3.88. The molecule has 4 heterocycles. The van der Waals surface area contributed by atoms with E-state index in [2.05, 4.69) is 36.7 Å². The Kier molecular flexibility index (Phi) is 5.51. The van der Waals surface area contributed by atoms with Crippen molar-refractivity contribution < 1.29 is 4.74 Å². The average molecular weight is 462 g/mol. The van der Waals surface area contributed by atoms with Crippen LogP contribution in [0.15, 0.2) is 65.8 Å². The Morgan fingerprint density at radius 3 is 2.52 bits per heavy atom. The molecule has 0 amide bonds. The van der Waals surface area contributed by atoms with Crippen LogP contribution in [-0.2, 0) is 7.05 Å². The third-order valence-corrected chi connectivity index (χ3v) is 6.71. The number of rotatable bonds is 5. The zero-order chi connectivity index (χ0) is 22.9. The lowest BCUT2D eigenvalue weighted by molar-refractivity contribution is 0.368. The number of ether oxygens (including phenoxy) is 1. The summed E-state index contributed by atoms with van der Waals surface area (Å²) in [5, 5.41) is 4.10. The van der Waals surface area contributed by atoms with Crippen molar-refractivity contribution in [1.29, 1.82) is 0 Å². The first-order chi connectivity index (χ1) is 16.1. The molecule has 0 aliphatic carbocycles. The topological polar surface area (TPSA) is 81.3 Å². The Labute approximate surface area is 195 Å². The molecule has 0 radical (unpaired) electrons. The van der Waals surface area contributed by atoms with Gasteiger partial charge in [-0.2, -0.15) is 0 Å². The van der Waals surface area contributed by atoms with Gasteiger partial charge in [-0.25, -0.2) is 19.0 Å². The summed E-state index contributed by atoms with van der Waals surface area (Å²) in [6.45, 7) is 3.84. The second kappa shape index (κ2) is 8.62. The molecule has 9 nitrogen and oxygen atoms in total. The van der Waals surface area contributed by atoms with Crippen LogP contribution in [-0.4, -0.2) is 44.5 Å². The fourth-order valence-corrected chi connectivity index (χ4v) is 4.91. The van der Waals surface area contributed by atoms with Crippen molar-refractivity contribution >= 4 is 23.6 Å². The fraction of sp³-hybridized carbons (Fsp3) is 0.217. The van der Waals surface area contributed by atoms with Crippen LogP contribution in [0.5, 0.6) is 6.01 Å². The van der Waals surface area contributed by atoms with Crippen LogP contribution in [0, 0.1) is 6.92 Å². The van der Waals surface area contributed by atoms with Gasteiger partial charge >= 0.3 is 11.7 Å². The summed E-state index contributed by atoms with van der Waals surface area (Å²) >= 11 is 1.65. The standard InChI is InChI=1S/C23H23N7O2S/c1-16-20(17-6-8-18(9-7-17)30-22(32-3)26-27(2)23(30)31)10-12-25-21(16)29-14-13-28(33-29)19-5-4-11-24-15-19/h4-12,15H,13-14H2,1-3H3. The van der Waals surface area contributed by atoms with E-state index in [9.17, 15) is 4.79 Å². The van der Waals surface area contributed by atoms with Crippen molar-refractivity contribution in [3.8, 4) is 22.8 Å². The molecular formula is C23H23N7O2S. The molecule has 5 rings (SSSR count). The smallest absolute Gasteiger partial charge is 0.353 e. The maximum absolute atomic E-state index is 12.4. The van der Waals surface area contributed by atoms with Crippen molar-refractivity contribution in [3.63, 3.8) is 0 Å². The quantitative estimate of drug-likeness (QED) is 0.419. The van der Waals surface area contributed by atoms with Crippen molar-refractivity contribution in [2.75, 3.05) is 28.8 Å². The van der Waals surface area contributed by atoms with Crippen LogP contribution in [0.1, 0.15) is 5.56 Å². The highest BCUT2D eigenvalue weighted by atomic mass is 32.2. The monoisotopic (exact) mass is 461 g/mol. The first-order valence-corrected chi connectivity index (χ1v) is 11.2. The molecule has 0 bridgehead atoms. The van der Waals surface area contributed by atoms with Crippen LogP contribution in [0.3, 0.4) is 0 Å². The zero-order valence-corrected chi connectivity index (χ0v) is 19.4. The van der Waals surface area contributed by atoms with Gasteiger partial charge in [-0.15, -0.1) is 5.10 Å². The summed E-state index contributed by atoms with van der Waals surface area (Å²) in [4.78, 5) is 21.3. The van der Waals surface area contributed by atoms with Crippen molar-refractivity contribution in [3.05, 3.63) is 77.1 Å². The maximum atomic E-state index is 12.4. The van der Waals surface area contributed by atoms with Gasteiger partial charge in [0.15, 0.2) is 0 Å². The van der Waals surface area contributed by atoms with Gasteiger partial charge in [0.05, 0.1) is 43.4 Å². The lowest BCUT2D eigenvalue weighted by Crippen LogP contribution is -2.21. The van der Waals surface area contributed by atoms with E-state index >= 15 is 0 Å². The molecule has 1 fully saturated rings. The van der Waals surface area contributed by atoms with E-state index in [-0.39, 0.29) is 11.7 Å². The molecule has 0 spiro atoms. The molecule has 3 aromatic heterocycles. The summed E-state index contributed by atoms with van der Waals surface area (Å²) in [7, 11) is 3.10. The van der Waals surface area contributed by atoms with E-state index in [0.717, 1.165) is 41.3 Å². The molecule has 1 aliphatic heterocycles. The molecule has 0 atom stereocenters. The molecular weight excluding hydrogens is 438 g/mol. The van der Waals surface area contributed by atoms with Gasteiger partial charge < -0.3 is 4.74 Å². The van der Waals surface area contributed by atoms with Crippen LogP contribution < -0.4 is 19.0 Å². The lowest BCUT2D eigenvalue weighted by atomic mass is 10.0.